The van der Waals surface area contributed by atoms with Crippen molar-refractivity contribution in [3.05, 3.63) is 64.7 Å². The Morgan fingerprint density at radius 1 is 1.24 bits per heavy atom. The second kappa shape index (κ2) is 6.34. The lowest BCUT2D eigenvalue weighted by Gasteiger charge is -2.42. The van der Waals surface area contributed by atoms with E-state index in [9.17, 15) is 5.11 Å². The molecular formula is C23H27NO. The van der Waals surface area contributed by atoms with E-state index in [4.69, 9.17) is 0 Å². The molecule has 2 aromatic rings. The second-order valence-electron chi connectivity index (χ2n) is 7.63. The maximum atomic E-state index is 11.0. The number of aromatic hydroxyl groups is 1. The van der Waals surface area contributed by atoms with Crippen LogP contribution in [0.1, 0.15) is 48.6 Å². The van der Waals surface area contributed by atoms with E-state index in [2.05, 4.69) is 48.7 Å². The number of benzene rings is 2. The van der Waals surface area contributed by atoms with Crippen LogP contribution in [-0.2, 0) is 19.3 Å². The van der Waals surface area contributed by atoms with Gasteiger partial charge in [-0.25, -0.2) is 0 Å². The van der Waals surface area contributed by atoms with E-state index in [0.717, 1.165) is 49.1 Å². The molecule has 25 heavy (non-hydrogen) atoms. The Morgan fingerprint density at radius 2 is 2.08 bits per heavy atom. The zero-order chi connectivity index (χ0) is 17.6. The maximum Gasteiger partial charge on any atom is 0.127 e. The van der Waals surface area contributed by atoms with Crippen LogP contribution in [0.25, 0.3) is 11.1 Å². The quantitative estimate of drug-likeness (QED) is 0.792. The van der Waals surface area contributed by atoms with E-state index in [1.165, 1.54) is 28.7 Å². The van der Waals surface area contributed by atoms with Gasteiger partial charge in [-0.15, -0.1) is 0 Å². The van der Waals surface area contributed by atoms with Gasteiger partial charge in [-0.3, -0.25) is 4.90 Å². The van der Waals surface area contributed by atoms with Crippen LogP contribution in [-0.4, -0.2) is 23.1 Å². The summed E-state index contributed by atoms with van der Waals surface area (Å²) in [5.74, 6) is 0.458. The van der Waals surface area contributed by atoms with Gasteiger partial charge < -0.3 is 5.11 Å². The van der Waals surface area contributed by atoms with Crippen LogP contribution in [0.5, 0.6) is 5.75 Å². The molecule has 0 saturated heterocycles. The third kappa shape index (κ3) is 2.69. The molecule has 0 fully saturated rings. The van der Waals surface area contributed by atoms with Gasteiger partial charge in [0.25, 0.3) is 0 Å². The van der Waals surface area contributed by atoms with Crippen molar-refractivity contribution < 1.29 is 5.11 Å². The lowest BCUT2D eigenvalue weighted by atomic mass is 9.76. The van der Waals surface area contributed by atoms with Gasteiger partial charge >= 0.3 is 0 Å². The molecule has 4 rings (SSSR count). The molecule has 2 heteroatoms. The molecule has 1 heterocycles. The Bertz CT molecular complexity index is 836. The van der Waals surface area contributed by atoms with Gasteiger partial charge in [-0.2, -0.15) is 0 Å². The summed E-state index contributed by atoms with van der Waals surface area (Å²) in [7, 11) is 0. The van der Waals surface area contributed by atoms with E-state index >= 15 is 0 Å². The summed E-state index contributed by atoms with van der Waals surface area (Å²) in [6.07, 6.45) is 4.03. The molecule has 1 aliphatic carbocycles. The normalized spacial score (nSPS) is 18.6. The molecule has 2 nitrogen and oxygen atoms in total. The van der Waals surface area contributed by atoms with Crippen molar-refractivity contribution in [1.82, 2.24) is 4.90 Å². The van der Waals surface area contributed by atoms with Crippen LogP contribution in [0.15, 0.2) is 42.5 Å². The van der Waals surface area contributed by atoms with E-state index in [0.29, 0.717) is 11.8 Å². The summed E-state index contributed by atoms with van der Waals surface area (Å²) in [6.45, 7) is 10.6. The fourth-order valence-electron chi connectivity index (χ4n) is 4.65. The fourth-order valence-corrected chi connectivity index (χ4v) is 4.65. The zero-order valence-electron chi connectivity index (χ0n) is 15.3. The average molecular weight is 333 g/mol. The summed E-state index contributed by atoms with van der Waals surface area (Å²) in [5, 5.41) is 11.0. The summed E-state index contributed by atoms with van der Waals surface area (Å²) in [5.41, 5.74) is 8.57. The van der Waals surface area contributed by atoms with Crippen LogP contribution >= 0.6 is 0 Å². The van der Waals surface area contributed by atoms with Gasteiger partial charge in [0.2, 0.25) is 0 Å². The summed E-state index contributed by atoms with van der Waals surface area (Å²) >= 11 is 0. The van der Waals surface area contributed by atoms with Gasteiger partial charge in [0.15, 0.2) is 0 Å². The van der Waals surface area contributed by atoms with Crippen LogP contribution in [0.2, 0.25) is 0 Å². The monoisotopic (exact) mass is 333 g/mol. The minimum atomic E-state index is 0.457. The minimum Gasteiger partial charge on any atom is -0.507 e. The molecule has 0 unspecified atom stereocenters. The molecule has 0 amide bonds. The van der Waals surface area contributed by atoms with Crippen molar-refractivity contribution in [1.29, 1.82) is 0 Å². The van der Waals surface area contributed by atoms with E-state index in [1.54, 1.807) is 0 Å². The number of allylic oxidation sites excluding steroid dienone is 1. The van der Waals surface area contributed by atoms with Gasteiger partial charge in [0.1, 0.15) is 5.75 Å². The second-order valence-corrected chi connectivity index (χ2v) is 7.63. The van der Waals surface area contributed by atoms with Crippen LogP contribution in [0.3, 0.4) is 0 Å². The van der Waals surface area contributed by atoms with Crippen LogP contribution in [0.4, 0.5) is 0 Å². The van der Waals surface area contributed by atoms with Crippen molar-refractivity contribution >= 4 is 0 Å². The molecule has 2 aliphatic rings. The number of phenols is 1. The van der Waals surface area contributed by atoms with Crippen LogP contribution < -0.4 is 0 Å². The van der Waals surface area contributed by atoms with Crippen molar-refractivity contribution in [3.63, 3.8) is 0 Å². The number of nitrogens with zero attached hydrogens (tertiary/aromatic N) is 1. The predicted molar refractivity (Wildman–Crippen MR) is 104 cm³/mol. The lowest BCUT2D eigenvalue weighted by Crippen LogP contribution is -2.38. The van der Waals surface area contributed by atoms with Crippen LogP contribution in [0, 0.1) is 0 Å². The molecule has 0 bridgehead atoms. The molecule has 2 aromatic carbocycles. The third-order valence-corrected chi connectivity index (χ3v) is 5.67. The molecule has 1 aliphatic heterocycles. The van der Waals surface area contributed by atoms with Crippen molar-refractivity contribution in [3.8, 4) is 16.9 Å². The first-order chi connectivity index (χ1) is 12.1. The Morgan fingerprint density at radius 3 is 2.84 bits per heavy atom. The molecule has 0 spiro atoms. The van der Waals surface area contributed by atoms with Gasteiger partial charge in [-0.1, -0.05) is 49.4 Å². The van der Waals surface area contributed by atoms with Gasteiger partial charge in [0, 0.05) is 18.2 Å². The summed E-state index contributed by atoms with van der Waals surface area (Å²) in [4.78, 5) is 2.63. The highest BCUT2D eigenvalue weighted by atomic mass is 16.3. The number of rotatable bonds is 4. The Kier molecular flexibility index (Phi) is 4.16. The lowest BCUT2D eigenvalue weighted by molar-refractivity contribution is 0.183. The molecule has 0 saturated carbocycles. The number of phenolic OH excluding ortho intramolecular Hbond substituents is 1. The highest BCUT2D eigenvalue weighted by molar-refractivity contribution is 5.81. The standard InChI is InChI=1S/C23H27NO/c1-4-11-24-12-10-16-6-5-7-19-21(16)20(24)14-17-8-9-18(13-15(2)3)23(25)22(17)19/h5-9,20,25H,2,4,10-14H2,1,3H3/t20-/m1/s1. The minimum absolute atomic E-state index is 0.457. The van der Waals surface area contributed by atoms with Gasteiger partial charge in [-0.05, 0) is 67.0 Å². The molecule has 1 atom stereocenters. The highest BCUT2D eigenvalue weighted by Crippen LogP contribution is 2.49. The first-order valence-corrected chi connectivity index (χ1v) is 9.44. The first-order valence-electron chi connectivity index (χ1n) is 9.44. The average Bonchev–Trinajstić information content (AvgIpc) is 2.59. The number of hydrogen-bond donors (Lipinski definition) is 1. The fraction of sp³-hybridized carbons (Fsp3) is 0.391. The summed E-state index contributed by atoms with van der Waals surface area (Å²) < 4.78 is 0. The smallest absolute Gasteiger partial charge is 0.127 e. The number of hydrogen-bond acceptors (Lipinski definition) is 2. The topological polar surface area (TPSA) is 23.5 Å². The summed E-state index contributed by atoms with van der Waals surface area (Å²) in [6, 6.07) is 11.4. The van der Waals surface area contributed by atoms with E-state index in [-0.39, 0.29) is 0 Å². The van der Waals surface area contributed by atoms with E-state index < -0.39 is 0 Å². The first kappa shape index (κ1) is 16.4. The molecule has 0 aromatic heterocycles. The largest absolute Gasteiger partial charge is 0.507 e. The third-order valence-electron chi connectivity index (χ3n) is 5.67. The Labute approximate surface area is 150 Å². The zero-order valence-corrected chi connectivity index (χ0v) is 15.3. The predicted octanol–water partition coefficient (Wildman–Crippen LogP) is 5.04. The van der Waals surface area contributed by atoms with Gasteiger partial charge in [0.05, 0.1) is 0 Å². The molecule has 130 valence electrons. The Hall–Kier alpha value is -2.06. The van der Waals surface area contributed by atoms with Crippen molar-refractivity contribution in [2.24, 2.45) is 0 Å². The number of fused-ring (bicyclic) bond motifs is 2. The van der Waals surface area contributed by atoms with Crippen molar-refractivity contribution in [2.75, 3.05) is 13.1 Å². The van der Waals surface area contributed by atoms with Crippen molar-refractivity contribution in [2.45, 2.75) is 45.6 Å². The van der Waals surface area contributed by atoms with E-state index in [1.807, 2.05) is 6.92 Å². The molecule has 1 N–H and O–H groups in total. The molecular weight excluding hydrogens is 306 g/mol. The highest BCUT2D eigenvalue weighted by Gasteiger charge is 2.35. The Balaban J connectivity index is 1.88. The SMILES string of the molecule is C=C(C)Cc1ccc2c(c1O)-c1cccc3c1[C@@H](C2)N(CCC)CC3. The maximum absolute atomic E-state index is 11.0. The molecule has 0 radical (unpaired) electrons.